The van der Waals surface area contributed by atoms with Crippen molar-refractivity contribution in [2.45, 2.75) is 19.8 Å². The Kier molecular flexibility index (Phi) is 4.66. The van der Waals surface area contributed by atoms with Gasteiger partial charge in [0.05, 0.1) is 15.7 Å². The lowest BCUT2D eigenvalue weighted by molar-refractivity contribution is 0.771. The van der Waals surface area contributed by atoms with Crippen LogP contribution in [0.4, 0.5) is 11.5 Å². The van der Waals surface area contributed by atoms with Crippen LogP contribution in [0.2, 0.25) is 10.0 Å². The van der Waals surface area contributed by atoms with Gasteiger partial charge >= 0.3 is 0 Å². The van der Waals surface area contributed by atoms with Gasteiger partial charge in [0.2, 0.25) is 0 Å². The molecule has 0 fully saturated rings. The van der Waals surface area contributed by atoms with E-state index in [9.17, 15) is 0 Å². The summed E-state index contributed by atoms with van der Waals surface area (Å²) in [6.07, 6.45) is 0. The molecule has 0 bridgehead atoms. The molecule has 1 heterocycles. The van der Waals surface area contributed by atoms with E-state index in [0.717, 1.165) is 10.4 Å². The van der Waals surface area contributed by atoms with Gasteiger partial charge in [-0.05, 0) is 28.1 Å². The number of hydrogen-bond donors (Lipinski definition) is 1. The number of aromatic nitrogens is 2. The number of benzene rings is 1. The molecule has 0 saturated carbocycles. The zero-order valence-electron chi connectivity index (χ0n) is 10.4. The Morgan fingerprint density at radius 3 is 2.37 bits per heavy atom. The van der Waals surface area contributed by atoms with Crippen LogP contribution in [0.3, 0.4) is 0 Å². The molecule has 0 atom stereocenters. The highest BCUT2D eigenvalue weighted by Gasteiger charge is 2.10. The van der Waals surface area contributed by atoms with E-state index in [1.54, 1.807) is 24.3 Å². The van der Waals surface area contributed by atoms with Gasteiger partial charge in [-0.2, -0.15) is 0 Å². The van der Waals surface area contributed by atoms with Gasteiger partial charge in [0.1, 0.15) is 16.2 Å². The second-order valence-electron chi connectivity index (χ2n) is 4.31. The van der Waals surface area contributed by atoms with Crippen molar-refractivity contribution in [1.82, 2.24) is 9.97 Å². The average molecular weight is 361 g/mol. The Morgan fingerprint density at radius 2 is 1.79 bits per heavy atom. The summed E-state index contributed by atoms with van der Waals surface area (Å²) < 4.78 is 0.719. The van der Waals surface area contributed by atoms with Crippen molar-refractivity contribution in [3.63, 3.8) is 0 Å². The minimum Gasteiger partial charge on any atom is -0.338 e. The lowest BCUT2D eigenvalue weighted by atomic mass is 10.2. The standard InChI is InChI=1S/C13H12BrCl2N3/c1-7(2)13-17-10(14)6-11(19-13)18-12-8(15)4-3-5-9(12)16/h3-7H,1-2H3,(H,17,18,19). The summed E-state index contributed by atoms with van der Waals surface area (Å²) in [5.74, 6) is 1.64. The quantitative estimate of drug-likeness (QED) is 0.743. The molecule has 0 aliphatic heterocycles. The van der Waals surface area contributed by atoms with Crippen LogP contribution in [-0.2, 0) is 0 Å². The predicted octanol–water partition coefficient (Wildman–Crippen LogP) is 5.41. The van der Waals surface area contributed by atoms with Gasteiger partial charge in [0.25, 0.3) is 0 Å². The van der Waals surface area contributed by atoms with Crippen LogP contribution in [-0.4, -0.2) is 9.97 Å². The first-order valence-corrected chi connectivity index (χ1v) is 7.28. The highest BCUT2D eigenvalue weighted by molar-refractivity contribution is 9.10. The molecule has 0 aliphatic rings. The van der Waals surface area contributed by atoms with E-state index >= 15 is 0 Å². The van der Waals surface area contributed by atoms with Crippen LogP contribution >= 0.6 is 39.1 Å². The average Bonchev–Trinajstić information content (AvgIpc) is 2.33. The molecule has 0 aliphatic carbocycles. The normalized spacial score (nSPS) is 10.8. The summed E-state index contributed by atoms with van der Waals surface area (Å²) in [5.41, 5.74) is 0.645. The monoisotopic (exact) mass is 359 g/mol. The molecule has 0 radical (unpaired) electrons. The summed E-state index contributed by atoms with van der Waals surface area (Å²) >= 11 is 15.6. The van der Waals surface area contributed by atoms with E-state index in [-0.39, 0.29) is 5.92 Å². The minimum absolute atomic E-state index is 0.236. The maximum atomic E-state index is 6.12. The lowest BCUT2D eigenvalue weighted by Crippen LogP contribution is -2.02. The van der Waals surface area contributed by atoms with Gasteiger partial charge in [-0.3, -0.25) is 0 Å². The van der Waals surface area contributed by atoms with Crippen molar-refractivity contribution in [1.29, 1.82) is 0 Å². The van der Waals surface area contributed by atoms with Gasteiger partial charge < -0.3 is 5.32 Å². The van der Waals surface area contributed by atoms with Gasteiger partial charge in [0.15, 0.2) is 0 Å². The largest absolute Gasteiger partial charge is 0.338 e. The number of nitrogens with one attached hydrogen (secondary N) is 1. The van der Waals surface area contributed by atoms with Crippen LogP contribution in [0.15, 0.2) is 28.9 Å². The topological polar surface area (TPSA) is 37.8 Å². The molecule has 3 nitrogen and oxygen atoms in total. The third kappa shape index (κ3) is 3.59. The molecular formula is C13H12BrCl2N3. The van der Waals surface area contributed by atoms with E-state index < -0.39 is 0 Å². The molecule has 0 amide bonds. The molecule has 1 N–H and O–H groups in total. The van der Waals surface area contributed by atoms with Gasteiger partial charge in [0, 0.05) is 12.0 Å². The fourth-order valence-corrected chi connectivity index (χ4v) is 2.39. The maximum absolute atomic E-state index is 6.12. The second kappa shape index (κ2) is 6.07. The Morgan fingerprint density at radius 1 is 1.16 bits per heavy atom. The maximum Gasteiger partial charge on any atom is 0.135 e. The minimum atomic E-state index is 0.236. The SMILES string of the molecule is CC(C)c1nc(Br)cc(Nc2c(Cl)cccc2Cl)n1. The van der Waals surface area contributed by atoms with Crippen molar-refractivity contribution in [3.8, 4) is 0 Å². The van der Waals surface area contributed by atoms with E-state index in [1.807, 2.05) is 13.8 Å². The summed E-state index contributed by atoms with van der Waals surface area (Å²) in [7, 11) is 0. The first-order chi connectivity index (χ1) is 8.97. The summed E-state index contributed by atoms with van der Waals surface area (Å²) in [4.78, 5) is 8.76. The zero-order valence-corrected chi connectivity index (χ0v) is 13.5. The third-order valence-electron chi connectivity index (χ3n) is 2.44. The zero-order chi connectivity index (χ0) is 14.0. The van der Waals surface area contributed by atoms with Crippen molar-refractivity contribution in [3.05, 3.63) is 44.7 Å². The molecule has 0 unspecified atom stereocenters. The van der Waals surface area contributed by atoms with Crippen LogP contribution in [0.5, 0.6) is 0 Å². The number of nitrogens with zero attached hydrogens (tertiary/aromatic N) is 2. The number of rotatable bonds is 3. The molecule has 2 rings (SSSR count). The molecule has 0 saturated heterocycles. The van der Waals surface area contributed by atoms with Gasteiger partial charge in [-0.25, -0.2) is 9.97 Å². The summed E-state index contributed by atoms with van der Waals surface area (Å²) in [6, 6.07) is 7.13. The van der Waals surface area contributed by atoms with Crippen molar-refractivity contribution < 1.29 is 0 Å². The van der Waals surface area contributed by atoms with E-state index in [4.69, 9.17) is 23.2 Å². The predicted molar refractivity (Wildman–Crippen MR) is 83.6 cm³/mol. The summed E-state index contributed by atoms with van der Waals surface area (Å²) in [6.45, 7) is 4.07. The number of para-hydroxylation sites is 1. The first-order valence-electron chi connectivity index (χ1n) is 5.73. The highest BCUT2D eigenvalue weighted by atomic mass is 79.9. The summed E-state index contributed by atoms with van der Waals surface area (Å²) in [5, 5.41) is 4.23. The number of halogens is 3. The molecule has 1 aromatic heterocycles. The Balaban J connectivity index is 2.38. The molecule has 1 aromatic carbocycles. The van der Waals surface area contributed by atoms with E-state index in [1.165, 1.54) is 0 Å². The van der Waals surface area contributed by atoms with Crippen molar-refractivity contribution >= 4 is 50.6 Å². The van der Waals surface area contributed by atoms with Gasteiger partial charge in [-0.1, -0.05) is 43.1 Å². The fraction of sp³-hybridized carbons (Fsp3) is 0.231. The van der Waals surface area contributed by atoms with Crippen LogP contribution in [0, 0.1) is 0 Å². The van der Waals surface area contributed by atoms with Crippen molar-refractivity contribution in [2.24, 2.45) is 0 Å². The molecule has 0 spiro atoms. The molecule has 100 valence electrons. The smallest absolute Gasteiger partial charge is 0.135 e. The Labute approximate surface area is 130 Å². The van der Waals surface area contributed by atoms with Crippen molar-refractivity contribution in [2.75, 3.05) is 5.32 Å². The number of anilines is 2. The Hall–Kier alpha value is -0.840. The Bertz CT molecular complexity index is 582. The fourth-order valence-electron chi connectivity index (χ4n) is 1.50. The molecular weight excluding hydrogens is 349 g/mol. The highest BCUT2D eigenvalue weighted by Crippen LogP contribution is 2.32. The second-order valence-corrected chi connectivity index (χ2v) is 5.94. The molecule has 6 heteroatoms. The van der Waals surface area contributed by atoms with E-state index in [2.05, 4.69) is 31.2 Å². The molecule has 2 aromatic rings. The van der Waals surface area contributed by atoms with Gasteiger partial charge in [-0.15, -0.1) is 0 Å². The van der Waals surface area contributed by atoms with Crippen LogP contribution in [0.1, 0.15) is 25.6 Å². The number of hydrogen-bond acceptors (Lipinski definition) is 3. The van der Waals surface area contributed by atoms with E-state index in [0.29, 0.717) is 21.6 Å². The lowest BCUT2D eigenvalue weighted by Gasteiger charge is -2.12. The molecule has 19 heavy (non-hydrogen) atoms. The van der Waals surface area contributed by atoms with Crippen LogP contribution in [0.25, 0.3) is 0 Å². The van der Waals surface area contributed by atoms with Crippen LogP contribution < -0.4 is 5.32 Å². The third-order valence-corrected chi connectivity index (χ3v) is 3.48. The first kappa shape index (κ1) is 14.6.